The summed E-state index contributed by atoms with van der Waals surface area (Å²) >= 11 is 0. The van der Waals surface area contributed by atoms with E-state index in [0.29, 0.717) is 31.5 Å². The minimum atomic E-state index is -4.03. The van der Waals surface area contributed by atoms with Crippen molar-refractivity contribution in [2.75, 3.05) is 88.9 Å². The molecule has 29 nitrogen and oxygen atoms in total. The zero-order valence-corrected chi connectivity index (χ0v) is 65.6. The van der Waals surface area contributed by atoms with Gasteiger partial charge in [0.05, 0.1) is 38.4 Å². The van der Waals surface area contributed by atoms with Crippen molar-refractivity contribution < 1.29 is 75.5 Å². The van der Waals surface area contributed by atoms with E-state index in [-0.39, 0.29) is 85.5 Å². The van der Waals surface area contributed by atoms with Gasteiger partial charge in [-0.05, 0) is 104 Å². The quantitative estimate of drug-likeness (QED) is 0.143. The van der Waals surface area contributed by atoms with Gasteiger partial charge in [-0.25, -0.2) is 13.1 Å². The summed E-state index contributed by atoms with van der Waals surface area (Å²) in [6.07, 6.45) is 2.28. The summed E-state index contributed by atoms with van der Waals surface area (Å²) in [5.41, 5.74) is 0.721. The van der Waals surface area contributed by atoms with Gasteiger partial charge in [-0.3, -0.25) is 62.3 Å². The molecule has 0 saturated carbocycles. The average Bonchev–Trinajstić information content (AvgIpc) is 0.820. The van der Waals surface area contributed by atoms with E-state index in [2.05, 4.69) is 21.3 Å². The van der Waals surface area contributed by atoms with Gasteiger partial charge < -0.3 is 65.2 Å². The third-order valence-electron chi connectivity index (χ3n) is 19.0. The Labute approximate surface area is 615 Å². The van der Waals surface area contributed by atoms with Gasteiger partial charge in [0.2, 0.25) is 80.9 Å². The second kappa shape index (κ2) is 40.0. The van der Waals surface area contributed by atoms with Gasteiger partial charge in [0.25, 0.3) is 5.91 Å². The second-order valence-electron chi connectivity index (χ2n) is 29.9. The number of sulfonamides is 1. The molecule has 30 heteroatoms. The molecule has 2 aromatic rings. The van der Waals surface area contributed by atoms with E-state index in [4.69, 9.17) is 4.74 Å². The molecule has 0 radical (unpaired) electrons. The Morgan fingerprint density at radius 2 is 0.962 bits per heavy atom. The molecule has 104 heavy (non-hydrogen) atoms. The molecule has 9 atom stereocenters. The first-order chi connectivity index (χ1) is 48.5. The van der Waals surface area contributed by atoms with Crippen LogP contribution in [0.15, 0.2) is 48.5 Å². The van der Waals surface area contributed by atoms with E-state index < -0.39 is 167 Å². The molecule has 13 amide bonds. The fraction of sp³-hybridized carbons (Fsp3) is 0.662. The number of carbonyl (C=O) groups is 13. The Hall–Kier alpha value is -8.70. The fourth-order valence-electron chi connectivity index (χ4n) is 12.8. The predicted molar refractivity (Wildman–Crippen MR) is 393 cm³/mol. The Balaban J connectivity index is 1.98. The second-order valence-corrected chi connectivity index (χ2v) is 31.7. The van der Waals surface area contributed by atoms with Crippen LogP contribution in [-0.4, -0.2) is 268 Å². The molecule has 5 N–H and O–H groups in total. The summed E-state index contributed by atoms with van der Waals surface area (Å²) < 4.78 is 31.7. The number of nitrogens with one attached hydrogen (secondary N) is 5. The number of hydrogen-bond donors (Lipinski definition) is 5. The summed E-state index contributed by atoms with van der Waals surface area (Å²) in [4.78, 5) is 202. The number of carbonyl (C=O) groups excluding carboxylic acids is 13. The molecule has 2 fully saturated rings. The molecule has 2 aliphatic rings. The Morgan fingerprint density at radius 3 is 1.44 bits per heavy atom. The van der Waals surface area contributed by atoms with Crippen molar-refractivity contribution in [3.8, 4) is 5.75 Å². The first-order valence-corrected chi connectivity index (χ1v) is 38.0. The molecule has 0 aliphatic carbocycles. The van der Waals surface area contributed by atoms with E-state index in [1.807, 2.05) is 60.1 Å². The molecular formula is C74H117N13O16S. The van der Waals surface area contributed by atoms with Crippen molar-refractivity contribution in [1.29, 1.82) is 0 Å². The molecule has 0 bridgehead atoms. The largest absolute Gasteiger partial charge is 0.496 e. The van der Waals surface area contributed by atoms with Crippen LogP contribution < -0.4 is 30.7 Å². The average molecular weight is 1480 g/mol. The maximum Gasteiger partial charge on any atom is 0.268 e. The number of likely N-dealkylation sites (N-methyl/N-ethyl adjacent to an activating group) is 7. The van der Waals surface area contributed by atoms with Crippen molar-refractivity contribution in [3.63, 3.8) is 0 Å². The zero-order valence-electron chi connectivity index (χ0n) is 64.8. The molecule has 0 unspecified atom stereocenters. The summed E-state index contributed by atoms with van der Waals surface area (Å²) in [5.74, 6) is -11.3. The lowest BCUT2D eigenvalue weighted by Gasteiger charge is -2.37. The van der Waals surface area contributed by atoms with Crippen LogP contribution in [0.2, 0.25) is 0 Å². The van der Waals surface area contributed by atoms with E-state index in [9.17, 15) is 51.6 Å². The van der Waals surface area contributed by atoms with Gasteiger partial charge in [-0.15, -0.1) is 0 Å². The number of piperidine rings is 1. The van der Waals surface area contributed by atoms with Crippen LogP contribution in [0.25, 0.3) is 0 Å². The molecule has 2 aliphatic heterocycles. The van der Waals surface area contributed by atoms with Crippen LogP contribution in [0.4, 0.5) is 0 Å². The number of amides is 13. The molecule has 580 valence electrons. The summed E-state index contributed by atoms with van der Waals surface area (Å²) in [6, 6.07) is 0.870. The number of methoxy groups -OCH3 is 1. The third-order valence-corrected chi connectivity index (χ3v) is 19.6. The predicted octanol–water partition coefficient (Wildman–Crippen LogP) is 2.83. The highest BCUT2D eigenvalue weighted by atomic mass is 32.2. The van der Waals surface area contributed by atoms with Gasteiger partial charge in [0.1, 0.15) is 60.1 Å². The maximum atomic E-state index is 15.4. The van der Waals surface area contributed by atoms with Crippen molar-refractivity contribution >= 4 is 86.8 Å². The lowest BCUT2D eigenvalue weighted by Crippen LogP contribution is -2.61. The SMILES string of the molecule is CC[C@@H]1NC(=O)[C@H](CC(C)C)N(C)C(=O)[C@H](Cc2ccccc2)N(C)C(=O)CN(C)C(=O)[C@H](Cc2ccc(C(=O)NS(C)(=O)=O)c(OC)c2)NC(=O)[C@H](CC(C)C)N(C)C(=O)[C@H](C(C)C)NC(=O)[C@H](CC(C)C)N(C)C(=O)CN(C)C(=O)C[C@@H](C(=O)N2CCCCC2)NC(=O)[C@H](CC(C)C)N(C)C1=O. The number of ether oxygens (including phenoxy) is 1. The monoisotopic (exact) mass is 1480 g/mol. The van der Waals surface area contributed by atoms with Crippen molar-refractivity contribution in [3.05, 3.63) is 65.2 Å². The van der Waals surface area contributed by atoms with Gasteiger partial charge in [0.15, 0.2) is 0 Å². The van der Waals surface area contributed by atoms with Crippen LogP contribution in [-0.2, 0) is 80.4 Å². The topological polar surface area (TPSA) is 351 Å². The van der Waals surface area contributed by atoms with E-state index in [1.165, 1.54) is 99.1 Å². The Bertz CT molecular complexity index is 3470. The van der Waals surface area contributed by atoms with E-state index in [1.54, 1.807) is 56.0 Å². The van der Waals surface area contributed by atoms with Gasteiger partial charge in [-0.1, -0.05) is 113 Å². The highest BCUT2D eigenvalue weighted by Gasteiger charge is 2.43. The van der Waals surface area contributed by atoms with Crippen LogP contribution >= 0.6 is 0 Å². The van der Waals surface area contributed by atoms with Crippen LogP contribution in [0.5, 0.6) is 5.75 Å². The first kappa shape index (κ1) is 87.7. The molecule has 0 spiro atoms. The standard InChI is InChI=1S/C74H117N13O16S/c1-21-52-71(97)84(16)56(35-45(4)5)67(93)77-54(72(98)87-32-26-23-27-33-87)41-61(88)80(12)42-62(89)82(14)55(34-44(2)3)69(95)78-64(48(10)11)74(100)86(18)58(37-47(8)9)68(94)76-53(38-50-30-31-51(60(40-50)103-19)65(91)79-104(20,101)102)70(96)81(13)43-63(90)83(15)59(39-49-28-24-22-25-29-49)73(99)85(17)57(36-46(6)7)66(92)75-52/h22,24-25,28-31,40,44-48,52-59,64H,21,23,26-27,32-39,41-43H2,1-20H3,(H,75,92)(H,76,94)(H,77,93)(H,78,95)(H,79,91)/t52-,53-,54-,55-,56-,57-,58-,59-,64-/m0/s1. The normalized spacial score (nSPS) is 23.6. The summed E-state index contributed by atoms with van der Waals surface area (Å²) in [7, 11) is 6.85. The van der Waals surface area contributed by atoms with Crippen LogP contribution in [0.3, 0.4) is 0 Å². The van der Waals surface area contributed by atoms with Gasteiger partial charge in [0, 0.05) is 75.3 Å². The highest BCUT2D eigenvalue weighted by molar-refractivity contribution is 7.89. The van der Waals surface area contributed by atoms with E-state index >= 15 is 19.2 Å². The molecular weight excluding hydrogens is 1360 g/mol. The number of nitrogens with zero attached hydrogens (tertiary/aromatic N) is 8. The first-order valence-electron chi connectivity index (χ1n) is 36.1. The fourth-order valence-corrected chi connectivity index (χ4v) is 13.3. The van der Waals surface area contributed by atoms with Crippen LogP contribution in [0, 0.1) is 29.6 Å². The summed E-state index contributed by atoms with van der Waals surface area (Å²) in [5, 5.41) is 11.4. The van der Waals surface area contributed by atoms with Crippen molar-refractivity contribution in [2.24, 2.45) is 29.6 Å². The number of rotatable bonds is 18. The van der Waals surface area contributed by atoms with Crippen LogP contribution in [0.1, 0.15) is 155 Å². The molecule has 2 saturated heterocycles. The Morgan fingerprint density at radius 1 is 0.510 bits per heavy atom. The third kappa shape index (κ3) is 25.3. The minimum absolute atomic E-state index is 0.0160. The highest BCUT2D eigenvalue weighted by Crippen LogP contribution is 2.25. The van der Waals surface area contributed by atoms with Gasteiger partial charge in [-0.2, -0.15) is 0 Å². The summed E-state index contributed by atoms with van der Waals surface area (Å²) in [6.45, 7) is 19.1. The van der Waals surface area contributed by atoms with Crippen molar-refractivity contribution in [2.45, 2.75) is 201 Å². The number of hydrogen-bond acceptors (Lipinski definition) is 16. The molecule has 2 aromatic carbocycles. The molecule has 2 heterocycles. The smallest absolute Gasteiger partial charge is 0.268 e. The van der Waals surface area contributed by atoms with Gasteiger partial charge >= 0.3 is 0 Å². The van der Waals surface area contributed by atoms with E-state index in [0.717, 1.165) is 22.5 Å². The Kier molecular flexibility index (Phi) is 33.7. The minimum Gasteiger partial charge on any atom is -0.496 e. The maximum absolute atomic E-state index is 15.4. The number of benzene rings is 2. The molecule has 0 aromatic heterocycles. The number of likely N-dealkylation sites (tertiary alicyclic amines) is 1. The zero-order chi connectivity index (χ0) is 78.5. The lowest BCUT2D eigenvalue weighted by molar-refractivity contribution is -0.150. The van der Waals surface area contributed by atoms with Crippen molar-refractivity contribution in [1.82, 2.24) is 65.2 Å². The molecule has 4 rings (SSSR count). The lowest BCUT2D eigenvalue weighted by atomic mass is 9.96.